The smallest absolute Gasteiger partial charge is 0.238 e. The van der Waals surface area contributed by atoms with Crippen LogP contribution in [0.1, 0.15) is 26.3 Å². The topological polar surface area (TPSA) is 83.7 Å². The van der Waals surface area contributed by atoms with Crippen LogP contribution in [-0.2, 0) is 21.2 Å². The largest absolute Gasteiger partial charge is 0.340 e. The van der Waals surface area contributed by atoms with E-state index in [0.29, 0.717) is 0 Å². The van der Waals surface area contributed by atoms with E-state index >= 15 is 0 Å². The zero-order chi connectivity index (χ0) is 18.0. The molecule has 0 unspecified atom stereocenters. The van der Waals surface area contributed by atoms with Gasteiger partial charge in [-0.15, -0.1) is 0 Å². The van der Waals surface area contributed by atoms with Crippen molar-refractivity contribution in [2.75, 3.05) is 32.7 Å². The van der Waals surface area contributed by atoms with Gasteiger partial charge in [0.1, 0.15) is 0 Å². The number of nitrogens with two attached hydrogens (primary N) is 1. The van der Waals surface area contributed by atoms with Crippen molar-refractivity contribution in [3.8, 4) is 0 Å². The fourth-order valence-corrected chi connectivity index (χ4v) is 3.30. The van der Waals surface area contributed by atoms with Gasteiger partial charge in [-0.2, -0.15) is 0 Å². The van der Waals surface area contributed by atoms with Crippen LogP contribution in [0.25, 0.3) is 0 Å². The first-order chi connectivity index (χ1) is 11.1. The standard InChI is InChI=1S/C17H27N3O3S/c1-17(2,3)16(21)20-12-10-19(11-13-20)9-8-14-4-6-15(7-5-14)24(18,22)23/h4-7H,8-13H2,1-3H3,(H2,18,22,23). The van der Waals surface area contributed by atoms with Crippen LogP contribution in [0.5, 0.6) is 0 Å². The van der Waals surface area contributed by atoms with E-state index in [1.807, 2.05) is 25.7 Å². The number of rotatable bonds is 4. The highest BCUT2D eigenvalue weighted by Gasteiger charge is 2.29. The number of carbonyl (C=O) groups excluding carboxylic acids is 1. The zero-order valence-corrected chi connectivity index (χ0v) is 15.5. The number of hydrogen-bond donors (Lipinski definition) is 1. The van der Waals surface area contributed by atoms with E-state index in [9.17, 15) is 13.2 Å². The lowest BCUT2D eigenvalue weighted by Gasteiger charge is -2.37. The zero-order valence-electron chi connectivity index (χ0n) is 14.7. The molecule has 2 rings (SSSR count). The molecule has 0 aromatic heterocycles. The molecule has 6 nitrogen and oxygen atoms in total. The molecule has 1 saturated heterocycles. The minimum atomic E-state index is -3.63. The Balaban J connectivity index is 1.82. The molecule has 0 aliphatic carbocycles. The van der Waals surface area contributed by atoms with E-state index in [1.54, 1.807) is 24.3 Å². The first kappa shape index (κ1) is 18.9. The summed E-state index contributed by atoms with van der Waals surface area (Å²) < 4.78 is 22.5. The minimum absolute atomic E-state index is 0.139. The molecule has 1 aliphatic rings. The summed E-state index contributed by atoms with van der Waals surface area (Å²) in [6.45, 7) is 10.0. The van der Waals surface area contributed by atoms with Crippen LogP contribution in [0.4, 0.5) is 0 Å². The third-order valence-electron chi connectivity index (χ3n) is 4.27. The number of amides is 1. The Morgan fingerprint density at radius 2 is 1.62 bits per heavy atom. The maximum Gasteiger partial charge on any atom is 0.238 e. The van der Waals surface area contributed by atoms with Gasteiger partial charge in [0.2, 0.25) is 15.9 Å². The van der Waals surface area contributed by atoms with E-state index in [2.05, 4.69) is 4.90 Å². The lowest BCUT2D eigenvalue weighted by Crippen LogP contribution is -2.51. The van der Waals surface area contributed by atoms with Crippen molar-refractivity contribution in [2.45, 2.75) is 32.1 Å². The van der Waals surface area contributed by atoms with Crippen molar-refractivity contribution in [1.82, 2.24) is 9.80 Å². The van der Waals surface area contributed by atoms with E-state index < -0.39 is 10.0 Å². The van der Waals surface area contributed by atoms with Gasteiger partial charge in [0.15, 0.2) is 0 Å². The second-order valence-electron chi connectivity index (χ2n) is 7.32. The normalized spacial score (nSPS) is 17.1. The molecular weight excluding hydrogens is 326 g/mol. The van der Waals surface area contributed by atoms with Crippen LogP contribution < -0.4 is 5.14 Å². The second-order valence-corrected chi connectivity index (χ2v) is 8.88. The number of carbonyl (C=O) groups is 1. The summed E-state index contributed by atoms with van der Waals surface area (Å²) in [5.41, 5.74) is 0.753. The van der Waals surface area contributed by atoms with Crippen LogP contribution >= 0.6 is 0 Å². The van der Waals surface area contributed by atoms with Crippen molar-refractivity contribution < 1.29 is 13.2 Å². The quantitative estimate of drug-likeness (QED) is 0.877. The van der Waals surface area contributed by atoms with Crippen LogP contribution in [0.2, 0.25) is 0 Å². The molecule has 1 aromatic carbocycles. The molecule has 134 valence electrons. The van der Waals surface area contributed by atoms with E-state index in [-0.39, 0.29) is 16.2 Å². The number of benzene rings is 1. The Morgan fingerprint density at radius 3 is 2.08 bits per heavy atom. The first-order valence-electron chi connectivity index (χ1n) is 8.21. The maximum atomic E-state index is 12.3. The fraction of sp³-hybridized carbons (Fsp3) is 0.588. The monoisotopic (exact) mass is 353 g/mol. The summed E-state index contributed by atoms with van der Waals surface area (Å²) in [7, 11) is -3.63. The Bertz CT molecular complexity index is 670. The Hall–Kier alpha value is -1.44. The Morgan fingerprint density at radius 1 is 1.08 bits per heavy atom. The molecule has 24 heavy (non-hydrogen) atoms. The first-order valence-corrected chi connectivity index (χ1v) is 9.75. The van der Waals surface area contributed by atoms with Crippen molar-refractivity contribution in [3.05, 3.63) is 29.8 Å². The fourth-order valence-electron chi connectivity index (χ4n) is 2.78. The molecule has 0 atom stereocenters. The molecule has 1 aromatic rings. The third kappa shape index (κ3) is 5.03. The summed E-state index contributed by atoms with van der Waals surface area (Å²) in [5.74, 6) is 0.209. The van der Waals surface area contributed by atoms with Crippen molar-refractivity contribution in [3.63, 3.8) is 0 Å². The predicted molar refractivity (Wildman–Crippen MR) is 94.0 cm³/mol. The van der Waals surface area contributed by atoms with Gasteiger partial charge in [0.05, 0.1) is 4.90 Å². The number of hydrogen-bond acceptors (Lipinski definition) is 4. The molecule has 0 saturated carbocycles. The van der Waals surface area contributed by atoms with Gasteiger partial charge in [-0.25, -0.2) is 13.6 Å². The van der Waals surface area contributed by atoms with Gasteiger partial charge in [-0.1, -0.05) is 32.9 Å². The maximum absolute atomic E-state index is 12.3. The molecule has 1 aliphatic heterocycles. The summed E-state index contributed by atoms with van der Waals surface area (Å²) in [6, 6.07) is 6.70. The average Bonchev–Trinajstić information content (AvgIpc) is 2.51. The molecule has 1 amide bonds. The number of primary sulfonamides is 1. The van der Waals surface area contributed by atoms with Gasteiger partial charge in [-0.05, 0) is 24.1 Å². The van der Waals surface area contributed by atoms with Crippen LogP contribution in [0, 0.1) is 5.41 Å². The highest BCUT2D eigenvalue weighted by molar-refractivity contribution is 7.89. The number of nitrogens with zero attached hydrogens (tertiary/aromatic N) is 2. The minimum Gasteiger partial charge on any atom is -0.340 e. The van der Waals surface area contributed by atoms with E-state index in [0.717, 1.165) is 44.7 Å². The van der Waals surface area contributed by atoms with Crippen LogP contribution in [0.15, 0.2) is 29.2 Å². The second kappa shape index (κ2) is 7.21. The third-order valence-corrected chi connectivity index (χ3v) is 5.20. The van der Waals surface area contributed by atoms with Crippen LogP contribution in [-0.4, -0.2) is 56.8 Å². The number of piperazine rings is 1. The lowest BCUT2D eigenvalue weighted by atomic mass is 9.94. The molecule has 1 heterocycles. The molecule has 0 bridgehead atoms. The highest BCUT2D eigenvalue weighted by atomic mass is 32.2. The van der Waals surface area contributed by atoms with Gasteiger partial charge in [-0.3, -0.25) is 9.69 Å². The Labute approximate surface area is 144 Å². The molecule has 1 fully saturated rings. The predicted octanol–water partition coefficient (Wildman–Crippen LogP) is 1.07. The number of sulfonamides is 1. The summed E-state index contributed by atoms with van der Waals surface area (Å²) >= 11 is 0. The molecule has 0 spiro atoms. The van der Waals surface area contributed by atoms with Crippen molar-refractivity contribution in [1.29, 1.82) is 0 Å². The van der Waals surface area contributed by atoms with E-state index in [1.165, 1.54) is 0 Å². The Kier molecular flexibility index (Phi) is 5.67. The summed E-state index contributed by atoms with van der Waals surface area (Å²) in [4.78, 5) is 16.7. The van der Waals surface area contributed by atoms with Gasteiger partial charge < -0.3 is 4.90 Å². The van der Waals surface area contributed by atoms with E-state index in [4.69, 9.17) is 5.14 Å². The summed E-state index contributed by atoms with van der Waals surface area (Å²) in [6.07, 6.45) is 0.845. The lowest BCUT2D eigenvalue weighted by molar-refractivity contribution is -0.141. The van der Waals surface area contributed by atoms with Gasteiger partial charge in [0.25, 0.3) is 0 Å². The molecular formula is C17H27N3O3S. The SMILES string of the molecule is CC(C)(C)C(=O)N1CCN(CCc2ccc(S(N)(=O)=O)cc2)CC1. The van der Waals surface area contributed by atoms with Crippen molar-refractivity contribution >= 4 is 15.9 Å². The van der Waals surface area contributed by atoms with Crippen LogP contribution in [0.3, 0.4) is 0 Å². The summed E-state index contributed by atoms with van der Waals surface area (Å²) in [5, 5.41) is 5.10. The average molecular weight is 353 g/mol. The van der Waals surface area contributed by atoms with Gasteiger partial charge in [0, 0.05) is 38.1 Å². The molecule has 0 radical (unpaired) electrons. The van der Waals surface area contributed by atoms with Gasteiger partial charge >= 0.3 is 0 Å². The molecule has 2 N–H and O–H groups in total. The molecule has 7 heteroatoms. The van der Waals surface area contributed by atoms with Crippen molar-refractivity contribution in [2.24, 2.45) is 10.6 Å². The highest BCUT2D eigenvalue weighted by Crippen LogP contribution is 2.18.